The van der Waals surface area contributed by atoms with Crippen LogP contribution in [-0.4, -0.2) is 41.6 Å². The normalized spacial score (nSPS) is 27.0. The molecule has 0 radical (unpaired) electrons. The smallest absolute Gasteiger partial charge is 0.315 e. The van der Waals surface area contributed by atoms with E-state index in [0.717, 1.165) is 0 Å². The van der Waals surface area contributed by atoms with Crippen molar-refractivity contribution < 1.29 is 33.6 Å². The van der Waals surface area contributed by atoms with Crippen molar-refractivity contribution in [3.8, 4) is 0 Å². The minimum absolute atomic E-state index is 0.0109. The number of cyclic esters (lactones) is 2. The molecule has 0 aliphatic carbocycles. The van der Waals surface area contributed by atoms with Crippen LogP contribution in [0, 0.1) is 11.3 Å². The second-order valence-corrected chi connectivity index (χ2v) is 13.0. The predicted octanol–water partition coefficient (Wildman–Crippen LogP) is 6.52. The lowest BCUT2D eigenvalue weighted by molar-refractivity contribution is -0.198. The molecule has 1 N–H and O–H groups in total. The fourth-order valence-electron chi connectivity index (χ4n) is 6.94. The minimum atomic E-state index is -1.61. The number of aliphatic hydroxyl groups excluding tert-OH is 1. The van der Waals surface area contributed by atoms with Gasteiger partial charge in [0.1, 0.15) is 12.2 Å². The number of rotatable bonds is 5. The predicted molar refractivity (Wildman–Crippen MR) is 172 cm³/mol. The van der Waals surface area contributed by atoms with Gasteiger partial charge in [-0.05, 0) is 27.2 Å². The van der Waals surface area contributed by atoms with Gasteiger partial charge in [-0.15, -0.1) is 0 Å². The lowest BCUT2D eigenvalue weighted by atomic mass is 9.71. The van der Waals surface area contributed by atoms with Gasteiger partial charge in [0, 0.05) is 22.3 Å². The molecule has 6 rings (SSSR count). The molecule has 2 heterocycles. The minimum Gasteiger partial charge on any atom is -0.446 e. The molecule has 0 spiro atoms. The summed E-state index contributed by atoms with van der Waals surface area (Å²) in [7, 11) is 0. The van der Waals surface area contributed by atoms with Gasteiger partial charge in [0.15, 0.2) is 17.0 Å². The number of ether oxygens (including phenoxy) is 4. The molecule has 238 valence electrons. The van der Waals surface area contributed by atoms with Gasteiger partial charge in [0.05, 0.1) is 17.9 Å². The van der Waals surface area contributed by atoms with Crippen molar-refractivity contribution in [2.24, 2.45) is 11.3 Å². The molecule has 0 saturated carbocycles. The monoisotopic (exact) mass is 620 g/mol. The maximum atomic E-state index is 14.5. The van der Waals surface area contributed by atoms with E-state index in [1.54, 1.807) is 27.7 Å². The average molecular weight is 621 g/mol. The van der Waals surface area contributed by atoms with Crippen molar-refractivity contribution in [1.29, 1.82) is 0 Å². The summed E-state index contributed by atoms with van der Waals surface area (Å²) in [6, 6.07) is 37.9. The standard InChI is InChI=1S/C39H40O7/c1-27-25-37(4,26-40)35(42)46-39(30-21-13-7-14-22-30,31-23-15-8-16-24-31)33-32(43-36(2,3)44-33)38(45-34(27)41,28-17-9-5-10-18-28)29-19-11-6-12-20-29/h5-24,27,32-33,40H,25-26H2,1-4H3/t27?,32-,33-,37?/m1/s1. The van der Waals surface area contributed by atoms with E-state index in [-0.39, 0.29) is 6.42 Å². The number of hydrogen-bond acceptors (Lipinski definition) is 7. The molecule has 2 fully saturated rings. The van der Waals surface area contributed by atoms with Gasteiger partial charge in [0.2, 0.25) is 0 Å². The van der Waals surface area contributed by atoms with Gasteiger partial charge < -0.3 is 24.1 Å². The van der Waals surface area contributed by atoms with E-state index in [0.29, 0.717) is 22.3 Å². The summed E-state index contributed by atoms with van der Waals surface area (Å²) >= 11 is 0. The lowest BCUT2D eigenvalue weighted by Gasteiger charge is -2.46. The van der Waals surface area contributed by atoms with Crippen LogP contribution in [0.1, 0.15) is 56.4 Å². The Morgan fingerprint density at radius 1 is 0.609 bits per heavy atom. The zero-order valence-electron chi connectivity index (χ0n) is 26.6. The number of carbonyl (C=O) groups is 2. The Morgan fingerprint density at radius 2 is 0.957 bits per heavy atom. The number of esters is 2. The average Bonchev–Trinajstić information content (AvgIpc) is 3.42. The van der Waals surface area contributed by atoms with Gasteiger partial charge in [-0.2, -0.15) is 0 Å². The van der Waals surface area contributed by atoms with Crippen LogP contribution in [-0.2, 0) is 39.7 Å². The first-order chi connectivity index (χ1) is 22.1. The Hall–Kier alpha value is -4.30. The second-order valence-electron chi connectivity index (χ2n) is 13.0. The molecule has 0 aromatic heterocycles. The summed E-state index contributed by atoms with van der Waals surface area (Å²) in [6.45, 7) is 6.39. The Kier molecular flexibility index (Phi) is 8.36. The molecule has 2 aliphatic rings. The van der Waals surface area contributed by atoms with E-state index in [1.165, 1.54) is 0 Å². The highest BCUT2D eigenvalue weighted by Gasteiger charge is 2.66. The van der Waals surface area contributed by atoms with Gasteiger partial charge in [-0.1, -0.05) is 128 Å². The van der Waals surface area contributed by atoms with Crippen molar-refractivity contribution >= 4 is 11.9 Å². The van der Waals surface area contributed by atoms with E-state index in [4.69, 9.17) is 18.9 Å². The molecule has 0 bridgehead atoms. The van der Waals surface area contributed by atoms with E-state index < -0.39 is 59.1 Å². The molecule has 7 nitrogen and oxygen atoms in total. The van der Waals surface area contributed by atoms with Gasteiger partial charge in [-0.25, -0.2) is 0 Å². The Morgan fingerprint density at radius 3 is 1.30 bits per heavy atom. The molecule has 4 atom stereocenters. The van der Waals surface area contributed by atoms with Gasteiger partial charge in [-0.3, -0.25) is 9.59 Å². The van der Waals surface area contributed by atoms with E-state index in [1.807, 2.05) is 121 Å². The SMILES string of the molecule is CC1CC(C)(CO)C(=O)OC(c2ccccc2)(c2ccccc2)[C@@H]2OC(C)(C)O[C@H]2C(c2ccccc2)(c2ccccc2)OC1=O. The van der Waals surface area contributed by atoms with Crippen LogP contribution in [0.2, 0.25) is 0 Å². The molecule has 4 aromatic rings. The highest BCUT2D eigenvalue weighted by atomic mass is 16.8. The van der Waals surface area contributed by atoms with Crippen LogP contribution in [0.25, 0.3) is 0 Å². The zero-order chi connectivity index (χ0) is 32.6. The summed E-state index contributed by atoms with van der Waals surface area (Å²) in [5.74, 6) is -3.19. The summed E-state index contributed by atoms with van der Waals surface area (Å²) < 4.78 is 27.5. The molecule has 7 heteroatoms. The first kappa shape index (κ1) is 31.7. The number of hydrogen-bond donors (Lipinski definition) is 1. The van der Waals surface area contributed by atoms with Crippen molar-refractivity contribution in [1.82, 2.24) is 0 Å². The maximum absolute atomic E-state index is 14.5. The Balaban J connectivity index is 1.76. The van der Waals surface area contributed by atoms with E-state index in [9.17, 15) is 14.7 Å². The molecule has 4 aromatic carbocycles. The molecule has 46 heavy (non-hydrogen) atoms. The molecule has 2 saturated heterocycles. The van der Waals surface area contributed by atoms with Crippen LogP contribution < -0.4 is 0 Å². The highest BCUT2D eigenvalue weighted by Crippen LogP contribution is 2.54. The van der Waals surface area contributed by atoms with Crippen molar-refractivity contribution in [3.05, 3.63) is 144 Å². The van der Waals surface area contributed by atoms with Crippen molar-refractivity contribution in [2.75, 3.05) is 6.61 Å². The number of benzene rings is 4. The second kappa shape index (κ2) is 12.1. The fourth-order valence-corrected chi connectivity index (χ4v) is 6.94. The van der Waals surface area contributed by atoms with Crippen LogP contribution >= 0.6 is 0 Å². The van der Waals surface area contributed by atoms with E-state index >= 15 is 0 Å². The summed E-state index contributed by atoms with van der Waals surface area (Å²) in [5.41, 5.74) is -1.98. The number of aliphatic hydroxyl groups is 1. The number of fused-ring (bicyclic) bond motifs is 1. The summed E-state index contributed by atoms with van der Waals surface area (Å²) in [4.78, 5) is 28.8. The molecular formula is C39H40O7. The Labute approximate surface area is 270 Å². The third-order valence-electron chi connectivity index (χ3n) is 9.22. The Bertz CT molecular complexity index is 1580. The van der Waals surface area contributed by atoms with Crippen molar-refractivity contribution in [2.45, 2.75) is 63.3 Å². The summed E-state index contributed by atoms with van der Waals surface area (Å²) in [6.07, 6.45) is -2.10. The molecule has 0 amide bonds. The van der Waals surface area contributed by atoms with Crippen LogP contribution in [0.5, 0.6) is 0 Å². The molecular weight excluding hydrogens is 580 g/mol. The van der Waals surface area contributed by atoms with Gasteiger partial charge in [0.25, 0.3) is 0 Å². The van der Waals surface area contributed by atoms with Crippen molar-refractivity contribution in [3.63, 3.8) is 0 Å². The third-order valence-corrected chi connectivity index (χ3v) is 9.22. The summed E-state index contributed by atoms with van der Waals surface area (Å²) in [5, 5.41) is 10.7. The van der Waals surface area contributed by atoms with Crippen LogP contribution in [0.4, 0.5) is 0 Å². The van der Waals surface area contributed by atoms with Crippen LogP contribution in [0.15, 0.2) is 121 Å². The molecule has 2 aliphatic heterocycles. The van der Waals surface area contributed by atoms with E-state index in [2.05, 4.69) is 0 Å². The first-order valence-corrected chi connectivity index (χ1v) is 15.7. The lowest BCUT2D eigenvalue weighted by Crippen LogP contribution is -2.58. The first-order valence-electron chi connectivity index (χ1n) is 15.7. The fraction of sp³-hybridized carbons (Fsp3) is 0.333. The largest absolute Gasteiger partial charge is 0.446 e. The van der Waals surface area contributed by atoms with Crippen LogP contribution in [0.3, 0.4) is 0 Å². The number of carbonyl (C=O) groups excluding carboxylic acids is 2. The van der Waals surface area contributed by atoms with Gasteiger partial charge >= 0.3 is 11.9 Å². The zero-order valence-corrected chi connectivity index (χ0v) is 26.6. The topological polar surface area (TPSA) is 91.3 Å². The quantitative estimate of drug-likeness (QED) is 0.254. The third kappa shape index (κ3) is 5.32. The molecule has 2 unspecified atom stereocenters. The highest BCUT2D eigenvalue weighted by molar-refractivity contribution is 5.80. The maximum Gasteiger partial charge on any atom is 0.315 e.